The predicted octanol–water partition coefficient (Wildman–Crippen LogP) is 0.185. The number of ether oxygens (including phenoxy) is 1. The van der Waals surface area contributed by atoms with Crippen molar-refractivity contribution in [2.75, 3.05) is 19.7 Å². The molecule has 0 unspecified atom stereocenters. The Kier molecular flexibility index (Phi) is 6.70. The second-order valence-corrected chi connectivity index (χ2v) is 7.73. The van der Waals surface area contributed by atoms with Crippen molar-refractivity contribution in [3.05, 3.63) is 29.8 Å². The van der Waals surface area contributed by atoms with Crippen LogP contribution >= 0.6 is 0 Å². The van der Waals surface area contributed by atoms with E-state index in [1.165, 1.54) is 35.5 Å². The number of amides is 2. The van der Waals surface area contributed by atoms with E-state index in [-0.39, 0.29) is 10.5 Å². The number of rotatable bonds is 5. The minimum Gasteiger partial charge on any atom is -0.452 e. The lowest BCUT2D eigenvalue weighted by molar-refractivity contribution is -0.129. The maximum Gasteiger partial charge on any atom is 0.338 e. The first-order chi connectivity index (χ1) is 12.3. The van der Waals surface area contributed by atoms with Gasteiger partial charge in [0.15, 0.2) is 6.61 Å². The maximum atomic E-state index is 12.5. The summed E-state index contributed by atoms with van der Waals surface area (Å²) in [4.78, 5) is 34.0. The van der Waals surface area contributed by atoms with Gasteiger partial charge in [0.25, 0.3) is 5.91 Å². The van der Waals surface area contributed by atoms with Gasteiger partial charge in [0.1, 0.15) is 0 Å². The molecule has 1 fully saturated rings. The normalized spacial score (nSPS) is 15.1. The molecule has 0 aromatic heterocycles. The van der Waals surface area contributed by atoms with E-state index in [1.807, 2.05) is 0 Å². The van der Waals surface area contributed by atoms with Crippen molar-refractivity contribution < 1.29 is 27.5 Å². The van der Waals surface area contributed by atoms with Gasteiger partial charge in [-0.05, 0) is 37.1 Å². The Labute approximate surface area is 151 Å². The Morgan fingerprint density at radius 1 is 1.04 bits per heavy atom. The highest BCUT2D eigenvalue weighted by Gasteiger charge is 2.26. The standard InChI is InChI=1S/C16H21N3O6S/c1-12(20)17-18-15(21)11-25-16(22)13-5-7-14(8-6-13)26(23,24)19-9-3-2-4-10-19/h5-8H,2-4,9-11H2,1H3,(H,17,20)(H,18,21). The molecule has 0 radical (unpaired) electrons. The Hall–Kier alpha value is -2.46. The molecule has 1 aromatic carbocycles. The summed E-state index contributed by atoms with van der Waals surface area (Å²) in [5, 5.41) is 0. The van der Waals surface area contributed by atoms with Crippen LogP contribution in [0, 0.1) is 0 Å². The molecular formula is C16H21N3O6S. The zero-order valence-electron chi connectivity index (χ0n) is 14.4. The molecule has 2 amide bonds. The number of carbonyl (C=O) groups excluding carboxylic acids is 3. The van der Waals surface area contributed by atoms with Crippen LogP contribution in [0.1, 0.15) is 36.5 Å². The Balaban J connectivity index is 1.94. The van der Waals surface area contributed by atoms with Gasteiger partial charge in [0.05, 0.1) is 10.5 Å². The highest BCUT2D eigenvalue weighted by Crippen LogP contribution is 2.21. The van der Waals surface area contributed by atoms with Gasteiger partial charge in [-0.3, -0.25) is 20.4 Å². The zero-order valence-corrected chi connectivity index (χ0v) is 15.2. The van der Waals surface area contributed by atoms with E-state index in [9.17, 15) is 22.8 Å². The van der Waals surface area contributed by atoms with E-state index < -0.39 is 34.4 Å². The molecule has 142 valence electrons. The third-order valence-corrected chi connectivity index (χ3v) is 5.67. The topological polar surface area (TPSA) is 122 Å². The van der Waals surface area contributed by atoms with Crippen molar-refractivity contribution in [2.45, 2.75) is 31.1 Å². The van der Waals surface area contributed by atoms with Crippen LogP contribution < -0.4 is 10.9 Å². The van der Waals surface area contributed by atoms with Gasteiger partial charge >= 0.3 is 5.97 Å². The lowest BCUT2D eigenvalue weighted by Crippen LogP contribution is -2.42. The Morgan fingerprint density at radius 3 is 2.23 bits per heavy atom. The summed E-state index contributed by atoms with van der Waals surface area (Å²) in [6.07, 6.45) is 2.70. The molecule has 0 atom stereocenters. The number of nitrogens with zero attached hydrogens (tertiary/aromatic N) is 1. The number of hydrogen-bond acceptors (Lipinski definition) is 6. The average molecular weight is 383 g/mol. The van der Waals surface area contributed by atoms with E-state index in [4.69, 9.17) is 4.74 Å². The summed E-state index contributed by atoms with van der Waals surface area (Å²) in [5.74, 6) is -1.93. The number of esters is 1. The maximum absolute atomic E-state index is 12.5. The van der Waals surface area contributed by atoms with Gasteiger partial charge in [-0.15, -0.1) is 0 Å². The van der Waals surface area contributed by atoms with Crippen LogP contribution in [0.25, 0.3) is 0 Å². The van der Waals surface area contributed by atoms with Gasteiger partial charge in [-0.25, -0.2) is 13.2 Å². The smallest absolute Gasteiger partial charge is 0.338 e. The van der Waals surface area contributed by atoms with Gasteiger partial charge in [-0.2, -0.15) is 4.31 Å². The summed E-state index contributed by atoms with van der Waals surface area (Å²) in [7, 11) is -3.57. The molecular weight excluding hydrogens is 362 g/mol. The molecule has 1 aliphatic rings. The van der Waals surface area contributed by atoms with E-state index in [2.05, 4.69) is 10.9 Å². The lowest BCUT2D eigenvalue weighted by atomic mass is 10.2. The third-order valence-electron chi connectivity index (χ3n) is 3.76. The Bertz CT molecular complexity index is 770. The quantitative estimate of drug-likeness (QED) is 0.553. The van der Waals surface area contributed by atoms with Crippen molar-refractivity contribution in [2.24, 2.45) is 0 Å². The number of piperidine rings is 1. The molecule has 10 heteroatoms. The molecule has 2 rings (SSSR count). The van der Waals surface area contributed by atoms with Crippen molar-refractivity contribution in [1.82, 2.24) is 15.2 Å². The summed E-state index contributed by atoms with van der Waals surface area (Å²) in [6, 6.07) is 5.37. The average Bonchev–Trinajstić information content (AvgIpc) is 2.65. The second kappa shape index (κ2) is 8.77. The fourth-order valence-electron chi connectivity index (χ4n) is 2.43. The first-order valence-electron chi connectivity index (χ1n) is 8.13. The van der Waals surface area contributed by atoms with Crippen LogP contribution in [0.5, 0.6) is 0 Å². The minimum atomic E-state index is -3.57. The van der Waals surface area contributed by atoms with Gasteiger partial charge in [0.2, 0.25) is 15.9 Å². The molecule has 0 spiro atoms. The third kappa shape index (κ3) is 5.27. The fraction of sp³-hybridized carbons (Fsp3) is 0.438. The first kappa shape index (κ1) is 19.9. The number of benzene rings is 1. The molecule has 1 heterocycles. The summed E-state index contributed by atoms with van der Waals surface area (Å²) in [6.45, 7) is 1.63. The summed E-state index contributed by atoms with van der Waals surface area (Å²) in [5.41, 5.74) is 4.24. The largest absolute Gasteiger partial charge is 0.452 e. The molecule has 1 saturated heterocycles. The van der Waals surface area contributed by atoms with Crippen molar-refractivity contribution >= 4 is 27.8 Å². The molecule has 9 nitrogen and oxygen atoms in total. The van der Waals surface area contributed by atoms with Crippen LogP contribution in [-0.4, -0.2) is 50.2 Å². The molecule has 1 aliphatic heterocycles. The summed E-state index contributed by atoms with van der Waals surface area (Å²) >= 11 is 0. The molecule has 2 N–H and O–H groups in total. The van der Waals surface area contributed by atoms with E-state index >= 15 is 0 Å². The fourth-order valence-corrected chi connectivity index (χ4v) is 3.94. The predicted molar refractivity (Wildman–Crippen MR) is 91.3 cm³/mol. The highest BCUT2D eigenvalue weighted by molar-refractivity contribution is 7.89. The number of hydrogen-bond donors (Lipinski definition) is 2. The van der Waals surface area contributed by atoms with Crippen LogP contribution in [0.15, 0.2) is 29.2 Å². The van der Waals surface area contributed by atoms with Crippen molar-refractivity contribution in [1.29, 1.82) is 0 Å². The summed E-state index contributed by atoms with van der Waals surface area (Å²) < 4.78 is 31.3. The minimum absolute atomic E-state index is 0.111. The van der Waals surface area contributed by atoms with Crippen molar-refractivity contribution in [3.8, 4) is 0 Å². The lowest BCUT2D eigenvalue weighted by Gasteiger charge is -2.25. The van der Waals surface area contributed by atoms with E-state index in [0.29, 0.717) is 13.1 Å². The number of sulfonamides is 1. The first-order valence-corrected chi connectivity index (χ1v) is 9.57. The molecule has 0 aliphatic carbocycles. The van der Waals surface area contributed by atoms with E-state index in [0.717, 1.165) is 19.3 Å². The van der Waals surface area contributed by atoms with Crippen molar-refractivity contribution in [3.63, 3.8) is 0 Å². The Morgan fingerprint density at radius 2 is 1.65 bits per heavy atom. The van der Waals surface area contributed by atoms with Crippen LogP contribution in [0.3, 0.4) is 0 Å². The molecule has 0 bridgehead atoms. The molecule has 0 saturated carbocycles. The van der Waals surface area contributed by atoms with Gasteiger partial charge in [-0.1, -0.05) is 6.42 Å². The SMILES string of the molecule is CC(=O)NNC(=O)COC(=O)c1ccc(S(=O)(=O)N2CCCCC2)cc1. The van der Waals surface area contributed by atoms with Gasteiger partial charge in [0, 0.05) is 20.0 Å². The van der Waals surface area contributed by atoms with Gasteiger partial charge < -0.3 is 4.74 Å². The van der Waals surface area contributed by atoms with Crippen LogP contribution in [0.2, 0.25) is 0 Å². The number of hydrazine groups is 1. The number of carbonyl (C=O) groups is 3. The monoisotopic (exact) mass is 383 g/mol. The molecule has 1 aromatic rings. The zero-order chi connectivity index (χ0) is 19.2. The van der Waals surface area contributed by atoms with E-state index in [1.54, 1.807) is 0 Å². The highest BCUT2D eigenvalue weighted by atomic mass is 32.2. The molecule has 26 heavy (non-hydrogen) atoms. The number of nitrogens with one attached hydrogen (secondary N) is 2. The van der Waals surface area contributed by atoms with Crippen LogP contribution in [0.4, 0.5) is 0 Å². The van der Waals surface area contributed by atoms with Crippen LogP contribution in [-0.2, 0) is 24.3 Å². The second-order valence-electron chi connectivity index (χ2n) is 5.79.